The van der Waals surface area contributed by atoms with Gasteiger partial charge in [-0.15, -0.1) is 0 Å². The molecule has 2 N–H and O–H groups in total. The summed E-state index contributed by atoms with van der Waals surface area (Å²) < 4.78 is 0. The number of rotatable bonds is 4. The molecule has 4 heteroatoms. The number of carbonyl (C=O) groups excluding carboxylic acids is 1. The van der Waals surface area contributed by atoms with Crippen LogP contribution >= 0.6 is 0 Å². The lowest BCUT2D eigenvalue weighted by molar-refractivity contribution is 0.136. The van der Waals surface area contributed by atoms with Crippen LogP contribution in [-0.2, 0) is 6.42 Å². The minimum Gasteiger partial charge on any atom is -0.396 e. The maximum absolute atomic E-state index is 12.3. The Labute approximate surface area is 133 Å². The monoisotopic (exact) mass is 304 g/mol. The van der Waals surface area contributed by atoms with E-state index in [-0.39, 0.29) is 18.7 Å². The summed E-state index contributed by atoms with van der Waals surface area (Å²) in [6, 6.07) is 6.60. The Hall–Kier alpha value is -1.55. The summed E-state index contributed by atoms with van der Waals surface area (Å²) in [6.45, 7) is 7.99. The van der Waals surface area contributed by atoms with Crippen LogP contribution in [0.1, 0.15) is 36.5 Å². The number of nitrogens with one attached hydrogen (secondary N) is 1. The van der Waals surface area contributed by atoms with Gasteiger partial charge >= 0.3 is 6.03 Å². The van der Waals surface area contributed by atoms with E-state index >= 15 is 0 Å². The van der Waals surface area contributed by atoms with Gasteiger partial charge in [0.25, 0.3) is 0 Å². The van der Waals surface area contributed by atoms with Crippen LogP contribution in [0.15, 0.2) is 18.2 Å². The predicted molar refractivity (Wildman–Crippen MR) is 89.0 cm³/mol. The van der Waals surface area contributed by atoms with Gasteiger partial charge in [0.1, 0.15) is 0 Å². The Morgan fingerprint density at radius 1 is 1.36 bits per heavy atom. The normalized spacial score (nSPS) is 17.4. The van der Waals surface area contributed by atoms with Crippen molar-refractivity contribution < 1.29 is 9.90 Å². The van der Waals surface area contributed by atoms with Gasteiger partial charge in [0.05, 0.1) is 0 Å². The SMILES string of the molecule is Cc1ccc(CC(C)NC(=O)N2CCC(CO)CC2)c(C)c1. The molecule has 122 valence electrons. The summed E-state index contributed by atoms with van der Waals surface area (Å²) in [5.74, 6) is 0.358. The van der Waals surface area contributed by atoms with Crippen molar-refractivity contribution in [2.75, 3.05) is 19.7 Å². The van der Waals surface area contributed by atoms with Crippen LogP contribution in [0.5, 0.6) is 0 Å². The zero-order valence-electron chi connectivity index (χ0n) is 13.9. The van der Waals surface area contributed by atoms with Crippen molar-refractivity contribution in [3.8, 4) is 0 Å². The van der Waals surface area contributed by atoms with Crippen LogP contribution in [0.4, 0.5) is 4.79 Å². The summed E-state index contributed by atoms with van der Waals surface area (Å²) in [4.78, 5) is 14.2. The summed E-state index contributed by atoms with van der Waals surface area (Å²) in [5.41, 5.74) is 3.84. The fraction of sp³-hybridized carbons (Fsp3) is 0.611. The van der Waals surface area contributed by atoms with Crippen molar-refractivity contribution in [2.45, 2.75) is 46.1 Å². The maximum Gasteiger partial charge on any atom is 0.317 e. The third kappa shape index (κ3) is 4.47. The van der Waals surface area contributed by atoms with E-state index in [2.05, 4.69) is 44.3 Å². The molecule has 0 radical (unpaired) electrons. The van der Waals surface area contributed by atoms with Crippen molar-refractivity contribution >= 4 is 6.03 Å². The quantitative estimate of drug-likeness (QED) is 0.898. The smallest absolute Gasteiger partial charge is 0.317 e. The molecule has 1 unspecified atom stereocenters. The standard InChI is InChI=1S/C18H28N2O2/c1-13-4-5-17(14(2)10-13)11-15(3)19-18(22)20-8-6-16(12-21)7-9-20/h4-5,10,15-16,21H,6-9,11-12H2,1-3H3,(H,19,22). The molecule has 1 saturated heterocycles. The van der Waals surface area contributed by atoms with Crippen molar-refractivity contribution in [2.24, 2.45) is 5.92 Å². The van der Waals surface area contributed by atoms with E-state index in [9.17, 15) is 4.79 Å². The fourth-order valence-corrected chi connectivity index (χ4v) is 3.08. The molecule has 4 nitrogen and oxygen atoms in total. The molecule has 1 aliphatic rings. The predicted octanol–water partition coefficient (Wildman–Crippen LogP) is 2.65. The van der Waals surface area contributed by atoms with Crippen molar-refractivity contribution in [3.63, 3.8) is 0 Å². The Balaban J connectivity index is 1.84. The Morgan fingerprint density at radius 2 is 2.05 bits per heavy atom. The largest absolute Gasteiger partial charge is 0.396 e. The molecule has 0 spiro atoms. The number of hydrogen-bond acceptors (Lipinski definition) is 2. The van der Waals surface area contributed by atoms with Gasteiger partial charge in [0, 0.05) is 25.7 Å². The second-order valence-corrected chi connectivity index (χ2v) is 6.60. The van der Waals surface area contributed by atoms with E-state index in [0.29, 0.717) is 5.92 Å². The number of carbonyl (C=O) groups is 1. The van der Waals surface area contributed by atoms with Gasteiger partial charge in [0.15, 0.2) is 0 Å². The summed E-state index contributed by atoms with van der Waals surface area (Å²) in [7, 11) is 0. The Morgan fingerprint density at radius 3 is 2.64 bits per heavy atom. The highest BCUT2D eigenvalue weighted by Crippen LogP contribution is 2.17. The highest BCUT2D eigenvalue weighted by molar-refractivity contribution is 5.74. The van der Waals surface area contributed by atoms with Gasteiger partial charge in [-0.2, -0.15) is 0 Å². The number of piperidine rings is 1. The molecule has 0 aliphatic carbocycles. The average Bonchev–Trinajstić information content (AvgIpc) is 2.50. The van der Waals surface area contributed by atoms with E-state index in [1.807, 2.05) is 4.90 Å². The zero-order chi connectivity index (χ0) is 16.1. The first-order valence-electron chi connectivity index (χ1n) is 8.22. The van der Waals surface area contributed by atoms with Crippen molar-refractivity contribution in [1.82, 2.24) is 10.2 Å². The van der Waals surface area contributed by atoms with Crippen molar-refractivity contribution in [3.05, 3.63) is 34.9 Å². The first kappa shape index (κ1) is 16.8. The van der Waals surface area contributed by atoms with Gasteiger partial charge in [-0.25, -0.2) is 4.79 Å². The van der Waals surface area contributed by atoms with Crippen LogP contribution in [0, 0.1) is 19.8 Å². The summed E-state index contributed by atoms with van der Waals surface area (Å²) in [6.07, 6.45) is 2.65. The van der Waals surface area contributed by atoms with E-state index in [1.54, 1.807) is 0 Å². The van der Waals surface area contributed by atoms with Gasteiger partial charge in [-0.05, 0) is 57.1 Å². The molecule has 1 atom stereocenters. The fourth-order valence-electron chi connectivity index (χ4n) is 3.08. The van der Waals surface area contributed by atoms with Gasteiger partial charge in [0.2, 0.25) is 0 Å². The molecule has 1 heterocycles. The third-order valence-corrected chi connectivity index (χ3v) is 4.55. The number of benzene rings is 1. The molecule has 2 amide bonds. The molecule has 1 aliphatic heterocycles. The number of likely N-dealkylation sites (tertiary alicyclic amines) is 1. The number of aliphatic hydroxyl groups excluding tert-OH is 1. The van der Waals surface area contributed by atoms with E-state index in [0.717, 1.165) is 32.4 Å². The number of nitrogens with zero attached hydrogens (tertiary/aromatic N) is 1. The van der Waals surface area contributed by atoms with E-state index in [1.165, 1.54) is 16.7 Å². The molecule has 0 saturated carbocycles. The van der Waals surface area contributed by atoms with E-state index < -0.39 is 0 Å². The first-order valence-corrected chi connectivity index (χ1v) is 8.22. The first-order chi connectivity index (χ1) is 10.5. The minimum atomic E-state index is 0.0219. The number of hydrogen-bond donors (Lipinski definition) is 2. The van der Waals surface area contributed by atoms with Gasteiger partial charge < -0.3 is 15.3 Å². The molecule has 0 bridgehead atoms. The highest BCUT2D eigenvalue weighted by Gasteiger charge is 2.23. The van der Waals surface area contributed by atoms with Crippen LogP contribution < -0.4 is 5.32 Å². The van der Waals surface area contributed by atoms with Crippen LogP contribution in [0.3, 0.4) is 0 Å². The molecule has 2 rings (SSSR count). The topological polar surface area (TPSA) is 52.6 Å². The van der Waals surface area contributed by atoms with E-state index in [4.69, 9.17) is 5.11 Å². The lowest BCUT2D eigenvalue weighted by Gasteiger charge is -2.32. The third-order valence-electron chi connectivity index (χ3n) is 4.55. The second-order valence-electron chi connectivity index (χ2n) is 6.60. The summed E-state index contributed by atoms with van der Waals surface area (Å²) >= 11 is 0. The van der Waals surface area contributed by atoms with Gasteiger partial charge in [-0.1, -0.05) is 23.8 Å². The molecule has 1 fully saturated rings. The summed E-state index contributed by atoms with van der Waals surface area (Å²) in [5, 5.41) is 12.2. The highest BCUT2D eigenvalue weighted by atomic mass is 16.3. The lowest BCUT2D eigenvalue weighted by atomic mass is 9.98. The number of aliphatic hydroxyl groups is 1. The molecule has 0 aromatic heterocycles. The lowest BCUT2D eigenvalue weighted by Crippen LogP contribution is -2.48. The molecule has 1 aromatic carbocycles. The van der Waals surface area contributed by atoms with Crippen LogP contribution in [-0.4, -0.2) is 41.8 Å². The number of amides is 2. The molecular weight excluding hydrogens is 276 g/mol. The van der Waals surface area contributed by atoms with Crippen LogP contribution in [0.25, 0.3) is 0 Å². The van der Waals surface area contributed by atoms with Crippen molar-refractivity contribution in [1.29, 1.82) is 0 Å². The Kier molecular flexibility index (Phi) is 5.83. The van der Waals surface area contributed by atoms with Gasteiger partial charge in [-0.3, -0.25) is 0 Å². The molecule has 22 heavy (non-hydrogen) atoms. The maximum atomic E-state index is 12.3. The second kappa shape index (κ2) is 7.63. The molecular formula is C18H28N2O2. The minimum absolute atomic E-state index is 0.0219. The molecule has 1 aromatic rings. The zero-order valence-corrected chi connectivity index (χ0v) is 13.9. The Bertz CT molecular complexity index is 508. The van der Waals surface area contributed by atoms with Crippen LogP contribution in [0.2, 0.25) is 0 Å². The number of urea groups is 1. The number of aryl methyl sites for hydroxylation is 2. The average molecular weight is 304 g/mol.